The smallest absolute Gasteiger partial charge is 0.416 e. The Hall–Kier alpha value is -3.42. The maximum absolute atomic E-state index is 14.7. The van der Waals surface area contributed by atoms with Crippen molar-refractivity contribution >= 4 is 5.97 Å². The number of hydrogen-bond acceptors (Lipinski definition) is 3. The number of carboxylic acid groups (broad SMARTS) is 1. The molecule has 0 amide bonds. The Morgan fingerprint density at radius 2 is 1.82 bits per heavy atom. The number of pyridine rings is 1. The van der Waals surface area contributed by atoms with E-state index < -0.39 is 29.6 Å². The third-order valence-corrected chi connectivity index (χ3v) is 5.32. The van der Waals surface area contributed by atoms with E-state index >= 15 is 0 Å². The Kier molecular flexibility index (Phi) is 8.26. The van der Waals surface area contributed by atoms with Crippen LogP contribution in [0.15, 0.2) is 60.7 Å². The van der Waals surface area contributed by atoms with Crippen molar-refractivity contribution in [3.05, 3.63) is 83.3 Å². The molecule has 0 radical (unpaired) electrons. The van der Waals surface area contributed by atoms with Gasteiger partial charge in [0.25, 0.3) is 0 Å². The fourth-order valence-corrected chi connectivity index (χ4v) is 3.48. The summed E-state index contributed by atoms with van der Waals surface area (Å²) >= 11 is 0. The second-order valence-corrected chi connectivity index (χ2v) is 7.93. The summed E-state index contributed by atoms with van der Waals surface area (Å²) in [6, 6.07) is 14.3. The number of halogens is 4. The van der Waals surface area contributed by atoms with Crippen molar-refractivity contribution in [2.45, 2.75) is 51.3 Å². The average molecular weight is 475 g/mol. The van der Waals surface area contributed by atoms with Crippen LogP contribution in [0.3, 0.4) is 0 Å². The van der Waals surface area contributed by atoms with E-state index in [2.05, 4.69) is 4.98 Å². The van der Waals surface area contributed by atoms with Gasteiger partial charge in [0.1, 0.15) is 6.10 Å². The molecule has 8 heteroatoms. The number of aromatic nitrogens is 1. The quantitative estimate of drug-likeness (QED) is 0.314. The summed E-state index contributed by atoms with van der Waals surface area (Å²) < 4.78 is 59.2. The third kappa shape index (κ3) is 6.79. The van der Waals surface area contributed by atoms with Gasteiger partial charge >= 0.3 is 12.1 Å². The van der Waals surface area contributed by atoms with Crippen LogP contribution >= 0.6 is 0 Å². The van der Waals surface area contributed by atoms with Gasteiger partial charge in [-0.25, -0.2) is 9.37 Å². The first-order valence-electron chi connectivity index (χ1n) is 11.0. The molecule has 3 rings (SSSR count). The van der Waals surface area contributed by atoms with Gasteiger partial charge in [-0.05, 0) is 61.2 Å². The predicted molar refractivity (Wildman–Crippen MR) is 120 cm³/mol. The van der Waals surface area contributed by atoms with Gasteiger partial charge in [0.05, 0.1) is 17.0 Å². The Labute approximate surface area is 195 Å². The van der Waals surface area contributed by atoms with E-state index in [1.54, 1.807) is 24.3 Å². The molecule has 0 spiro atoms. The Morgan fingerprint density at radius 1 is 1.09 bits per heavy atom. The molecule has 1 N–H and O–H groups in total. The number of aryl methyl sites for hydroxylation is 1. The molecule has 0 aliphatic rings. The van der Waals surface area contributed by atoms with Gasteiger partial charge in [-0.1, -0.05) is 37.6 Å². The van der Waals surface area contributed by atoms with E-state index in [-0.39, 0.29) is 18.6 Å². The lowest BCUT2D eigenvalue weighted by Gasteiger charge is -2.20. The number of rotatable bonds is 10. The molecule has 4 nitrogen and oxygen atoms in total. The second kappa shape index (κ2) is 11.1. The monoisotopic (exact) mass is 475 g/mol. The van der Waals surface area contributed by atoms with E-state index in [0.717, 1.165) is 25.0 Å². The van der Waals surface area contributed by atoms with Crippen LogP contribution in [0.2, 0.25) is 0 Å². The molecule has 1 aromatic heterocycles. The minimum atomic E-state index is -4.42. The molecule has 0 bridgehead atoms. The van der Waals surface area contributed by atoms with E-state index in [1.807, 2.05) is 6.92 Å². The number of carbonyl (C=O) groups is 1. The average Bonchev–Trinajstić information content (AvgIpc) is 2.81. The summed E-state index contributed by atoms with van der Waals surface area (Å²) in [7, 11) is 0. The highest BCUT2D eigenvalue weighted by Crippen LogP contribution is 2.32. The second-order valence-electron chi connectivity index (χ2n) is 7.93. The van der Waals surface area contributed by atoms with Crippen molar-refractivity contribution < 1.29 is 32.2 Å². The van der Waals surface area contributed by atoms with Crippen LogP contribution in [0.4, 0.5) is 17.6 Å². The van der Waals surface area contributed by atoms with Crippen molar-refractivity contribution in [1.82, 2.24) is 4.98 Å². The summed E-state index contributed by atoms with van der Waals surface area (Å²) in [5.74, 6) is -1.52. The van der Waals surface area contributed by atoms with Crippen LogP contribution in [-0.2, 0) is 17.4 Å². The third-order valence-electron chi connectivity index (χ3n) is 5.32. The first-order chi connectivity index (χ1) is 16.2. The molecule has 0 saturated heterocycles. The van der Waals surface area contributed by atoms with E-state index in [4.69, 9.17) is 9.84 Å². The zero-order valence-corrected chi connectivity index (χ0v) is 18.6. The molecular formula is C26H25F4NO3. The molecule has 0 fully saturated rings. The molecule has 0 aliphatic heterocycles. The molecule has 1 atom stereocenters. The number of aliphatic carboxylic acids is 1. The highest BCUT2D eigenvalue weighted by atomic mass is 19.4. The lowest BCUT2D eigenvalue weighted by molar-refractivity contribution is -0.138. The highest BCUT2D eigenvalue weighted by molar-refractivity contribution is 5.67. The van der Waals surface area contributed by atoms with Gasteiger partial charge in [0.2, 0.25) is 0 Å². The van der Waals surface area contributed by atoms with E-state index in [0.29, 0.717) is 28.9 Å². The maximum Gasteiger partial charge on any atom is 0.416 e. The number of ether oxygens (including phenoxy) is 1. The number of benzene rings is 2. The molecular weight excluding hydrogens is 450 g/mol. The summed E-state index contributed by atoms with van der Waals surface area (Å²) in [6.45, 7) is 2.01. The minimum absolute atomic E-state index is 0.0295. The number of unbranched alkanes of at least 4 members (excludes halogenated alkanes) is 1. The molecule has 0 unspecified atom stereocenters. The molecule has 0 aliphatic carbocycles. The zero-order valence-electron chi connectivity index (χ0n) is 18.6. The van der Waals surface area contributed by atoms with Crippen molar-refractivity contribution in [1.29, 1.82) is 0 Å². The molecule has 3 aromatic rings. The fourth-order valence-electron chi connectivity index (χ4n) is 3.48. The van der Waals surface area contributed by atoms with Gasteiger partial charge in [-0.15, -0.1) is 0 Å². The van der Waals surface area contributed by atoms with Crippen LogP contribution in [0.5, 0.6) is 5.75 Å². The number of hydrogen-bond donors (Lipinski definition) is 1. The van der Waals surface area contributed by atoms with Gasteiger partial charge in [0, 0.05) is 12.0 Å². The molecule has 1 heterocycles. The Morgan fingerprint density at radius 3 is 2.44 bits per heavy atom. The SMILES string of the molecule is CCCC[C@@H](Oc1ccc(CCC(=O)O)cc1F)c1cccc(-c2ccc(C(F)(F)F)cc2)n1. The first kappa shape index (κ1) is 25.2. The molecule has 180 valence electrons. The zero-order chi connectivity index (χ0) is 24.7. The van der Waals surface area contributed by atoms with Crippen LogP contribution in [-0.4, -0.2) is 16.1 Å². The first-order valence-corrected chi connectivity index (χ1v) is 11.0. The lowest BCUT2D eigenvalue weighted by Crippen LogP contribution is -2.11. The van der Waals surface area contributed by atoms with Crippen molar-refractivity contribution in [2.75, 3.05) is 0 Å². The number of carboxylic acids is 1. The summed E-state index contributed by atoms with van der Waals surface area (Å²) in [4.78, 5) is 15.3. The fraction of sp³-hybridized carbons (Fsp3) is 0.308. The van der Waals surface area contributed by atoms with Gasteiger partial charge < -0.3 is 9.84 Å². The predicted octanol–water partition coefficient (Wildman–Crippen LogP) is 7.23. The van der Waals surface area contributed by atoms with Crippen LogP contribution in [0.25, 0.3) is 11.3 Å². The number of nitrogens with zero attached hydrogens (tertiary/aromatic N) is 1. The maximum atomic E-state index is 14.7. The summed E-state index contributed by atoms with van der Waals surface area (Å²) in [5, 5.41) is 8.80. The van der Waals surface area contributed by atoms with Gasteiger partial charge in [-0.3, -0.25) is 4.79 Å². The molecule has 34 heavy (non-hydrogen) atoms. The molecule has 2 aromatic carbocycles. The lowest BCUT2D eigenvalue weighted by atomic mass is 10.1. The van der Waals surface area contributed by atoms with Crippen molar-refractivity contribution in [2.24, 2.45) is 0 Å². The van der Waals surface area contributed by atoms with Crippen LogP contribution in [0.1, 0.15) is 55.5 Å². The standard InChI is InChI=1S/C26H25F4NO3/c1-2-3-7-24(34-23-14-8-17(16-20(23)27)9-15-25(32)33)22-6-4-5-21(31-22)18-10-12-19(13-11-18)26(28,29)30/h4-6,8,10-14,16,24H,2-3,7,9,15H2,1H3,(H,32,33)/t24-/m1/s1. The molecule has 0 saturated carbocycles. The minimum Gasteiger partial charge on any atom is -0.481 e. The summed E-state index contributed by atoms with van der Waals surface area (Å²) in [5.41, 5.74) is 1.37. The number of alkyl halides is 3. The van der Waals surface area contributed by atoms with Crippen molar-refractivity contribution in [3.63, 3.8) is 0 Å². The van der Waals surface area contributed by atoms with Crippen LogP contribution in [0, 0.1) is 5.82 Å². The normalized spacial score (nSPS) is 12.4. The Bertz CT molecular complexity index is 1110. The van der Waals surface area contributed by atoms with Crippen LogP contribution < -0.4 is 4.74 Å². The largest absolute Gasteiger partial charge is 0.481 e. The summed E-state index contributed by atoms with van der Waals surface area (Å²) in [6.07, 6.45) is -2.61. The highest BCUT2D eigenvalue weighted by Gasteiger charge is 2.30. The topological polar surface area (TPSA) is 59.4 Å². The van der Waals surface area contributed by atoms with E-state index in [1.165, 1.54) is 24.3 Å². The Balaban J connectivity index is 1.84. The van der Waals surface area contributed by atoms with Crippen molar-refractivity contribution in [3.8, 4) is 17.0 Å². The van der Waals surface area contributed by atoms with Gasteiger partial charge in [0.15, 0.2) is 11.6 Å². The van der Waals surface area contributed by atoms with E-state index in [9.17, 15) is 22.4 Å². The van der Waals surface area contributed by atoms with Gasteiger partial charge in [-0.2, -0.15) is 13.2 Å².